The molecule has 230 valence electrons. The highest BCUT2D eigenvalue weighted by atomic mass is 16.2. The first-order valence-corrected chi connectivity index (χ1v) is 16.1. The standard InChI is InChI=1S/C41H38N2O3/c1-29-13-21-34(22-14-29)43(33-9-3-2-4-10-33)35-23-19-31(20-24-35)36-25-26-39(41(46)42-28-45)40-37(11-7-12-38(36)40)32-17-15-30(16-18-32)8-5-6-27-44/h3,7,9-13,15-29H,2,4-6,8,14H2,1H3,(H,42,45,46). The lowest BCUT2D eigenvalue weighted by Crippen LogP contribution is -2.22. The number of imide groups is 1. The highest BCUT2D eigenvalue weighted by Gasteiger charge is 2.20. The molecule has 0 bridgehead atoms. The van der Waals surface area contributed by atoms with Gasteiger partial charge in [-0.3, -0.25) is 14.9 Å². The summed E-state index contributed by atoms with van der Waals surface area (Å²) in [5, 5.41) is 4.06. The summed E-state index contributed by atoms with van der Waals surface area (Å²) in [6.45, 7) is 2.24. The molecule has 0 saturated heterocycles. The monoisotopic (exact) mass is 606 g/mol. The highest BCUT2D eigenvalue weighted by molar-refractivity contribution is 6.17. The lowest BCUT2D eigenvalue weighted by molar-refractivity contribution is -0.109. The quantitative estimate of drug-likeness (QED) is 0.137. The van der Waals surface area contributed by atoms with Gasteiger partial charge in [-0.2, -0.15) is 0 Å². The van der Waals surface area contributed by atoms with Crippen LogP contribution in [0.3, 0.4) is 0 Å². The number of amides is 2. The van der Waals surface area contributed by atoms with Gasteiger partial charge in [0.05, 0.1) is 0 Å². The van der Waals surface area contributed by atoms with Gasteiger partial charge in [-0.1, -0.05) is 91.9 Å². The molecule has 4 aromatic rings. The fourth-order valence-corrected chi connectivity index (χ4v) is 6.34. The van der Waals surface area contributed by atoms with Gasteiger partial charge in [0.25, 0.3) is 5.91 Å². The van der Waals surface area contributed by atoms with E-state index in [1.165, 1.54) is 11.4 Å². The second-order valence-electron chi connectivity index (χ2n) is 11.9. The van der Waals surface area contributed by atoms with Gasteiger partial charge in [-0.05, 0) is 102 Å². The predicted molar refractivity (Wildman–Crippen MR) is 187 cm³/mol. The van der Waals surface area contributed by atoms with Gasteiger partial charge in [0.1, 0.15) is 6.29 Å². The van der Waals surface area contributed by atoms with Gasteiger partial charge in [-0.25, -0.2) is 0 Å². The van der Waals surface area contributed by atoms with Crippen LogP contribution in [0.2, 0.25) is 0 Å². The largest absolute Gasteiger partial charge is 0.311 e. The molecular formula is C41H38N2O3. The van der Waals surface area contributed by atoms with Gasteiger partial charge in [0, 0.05) is 34.5 Å². The van der Waals surface area contributed by atoms with E-state index in [-0.39, 0.29) is 0 Å². The van der Waals surface area contributed by atoms with Crippen molar-refractivity contribution in [1.29, 1.82) is 0 Å². The number of allylic oxidation sites excluding steroid dienone is 6. The minimum atomic E-state index is -0.438. The molecule has 0 spiro atoms. The Labute approximate surface area is 270 Å². The lowest BCUT2D eigenvalue weighted by atomic mass is 9.89. The van der Waals surface area contributed by atoms with Crippen molar-refractivity contribution < 1.29 is 14.4 Å². The fourth-order valence-electron chi connectivity index (χ4n) is 6.34. The maximum Gasteiger partial charge on any atom is 0.258 e. The van der Waals surface area contributed by atoms with Crippen molar-refractivity contribution in [3.63, 3.8) is 0 Å². The number of nitrogens with zero attached hydrogens (tertiary/aromatic N) is 1. The average molecular weight is 607 g/mol. The summed E-state index contributed by atoms with van der Waals surface area (Å²) in [5.41, 5.74) is 8.99. The SMILES string of the molecule is CC1C=CC(N(C2=CCCC=C2)c2ccc(-c3ccc(C(=O)NC=O)c4c(-c5ccc(CCCC=O)cc5)cccc34)cc2)=CC1. The normalized spacial score (nSPS) is 15.6. The first-order valence-electron chi connectivity index (χ1n) is 16.1. The van der Waals surface area contributed by atoms with Crippen molar-refractivity contribution >= 4 is 35.1 Å². The van der Waals surface area contributed by atoms with Crippen LogP contribution in [0.25, 0.3) is 33.0 Å². The predicted octanol–water partition coefficient (Wildman–Crippen LogP) is 9.10. The zero-order chi connectivity index (χ0) is 31.9. The van der Waals surface area contributed by atoms with E-state index in [2.05, 4.69) is 102 Å². The summed E-state index contributed by atoms with van der Waals surface area (Å²) < 4.78 is 0. The van der Waals surface area contributed by atoms with Crippen LogP contribution in [0.5, 0.6) is 0 Å². The van der Waals surface area contributed by atoms with Crippen LogP contribution in [-0.4, -0.2) is 18.6 Å². The molecule has 1 atom stereocenters. The third-order valence-electron chi connectivity index (χ3n) is 8.75. The van der Waals surface area contributed by atoms with Crippen molar-refractivity contribution in [3.05, 3.63) is 138 Å². The Morgan fingerprint density at radius 1 is 0.848 bits per heavy atom. The molecule has 6 rings (SSSR count). The highest BCUT2D eigenvalue weighted by Crippen LogP contribution is 2.39. The van der Waals surface area contributed by atoms with Crippen molar-refractivity contribution in [3.8, 4) is 22.3 Å². The van der Waals surface area contributed by atoms with Gasteiger partial charge >= 0.3 is 0 Å². The smallest absolute Gasteiger partial charge is 0.258 e. The zero-order valence-corrected chi connectivity index (χ0v) is 26.1. The molecule has 0 aromatic heterocycles. The van der Waals surface area contributed by atoms with E-state index in [4.69, 9.17) is 0 Å². The Bertz CT molecular complexity index is 1880. The van der Waals surface area contributed by atoms with Crippen LogP contribution < -0.4 is 10.2 Å². The van der Waals surface area contributed by atoms with Crippen molar-refractivity contribution in [2.45, 2.75) is 45.4 Å². The van der Waals surface area contributed by atoms with Crippen molar-refractivity contribution in [2.24, 2.45) is 5.92 Å². The minimum absolute atomic E-state index is 0.428. The van der Waals surface area contributed by atoms with Gasteiger partial charge in [0.2, 0.25) is 6.41 Å². The number of aldehydes is 1. The molecule has 5 heteroatoms. The third-order valence-corrected chi connectivity index (χ3v) is 8.75. The van der Waals surface area contributed by atoms with E-state index in [9.17, 15) is 14.4 Å². The first-order chi connectivity index (χ1) is 22.6. The second kappa shape index (κ2) is 14.2. The maximum atomic E-state index is 13.1. The van der Waals surface area contributed by atoms with E-state index in [0.29, 0.717) is 24.3 Å². The van der Waals surface area contributed by atoms with Gasteiger partial charge in [-0.15, -0.1) is 0 Å². The third kappa shape index (κ3) is 6.54. The van der Waals surface area contributed by atoms with E-state index >= 15 is 0 Å². The molecule has 2 amide bonds. The Morgan fingerprint density at radius 3 is 2.30 bits per heavy atom. The summed E-state index contributed by atoms with van der Waals surface area (Å²) in [4.78, 5) is 37.5. The molecule has 0 saturated carbocycles. The molecular weight excluding hydrogens is 568 g/mol. The number of nitrogens with one attached hydrogen (secondary N) is 1. The topological polar surface area (TPSA) is 66.5 Å². The van der Waals surface area contributed by atoms with Crippen LogP contribution >= 0.6 is 0 Å². The molecule has 0 fully saturated rings. The number of hydrogen-bond acceptors (Lipinski definition) is 4. The molecule has 0 heterocycles. The maximum absolute atomic E-state index is 13.1. The molecule has 2 aliphatic carbocycles. The Hall–Kier alpha value is -5.29. The number of aryl methyl sites for hydroxylation is 1. The number of hydrogen-bond donors (Lipinski definition) is 1. The molecule has 0 aliphatic heterocycles. The molecule has 5 nitrogen and oxygen atoms in total. The fraction of sp³-hybridized carbons (Fsp3) is 0.195. The number of anilines is 1. The molecule has 1 unspecified atom stereocenters. The number of fused-ring (bicyclic) bond motifs is 1. The van der Waals surface area contributed by atoms with Crippen LogP contribution in [0.4, 0.5) is 5.69 Å². The van der Waals surface area contributed by atoms with Crippen LogP contribution in [0, 0.1) is 5.92 Å². The number of rotatable bonds is 11. The Morgan fingerprint density at radius 2 is 1.61 bits per heavy atom. The van der Waals surface area contributed by atoms with Crippen molar-refractivity contribution in [1.82, 2.24) is 5.32 Å². The molecule has 0 radical (unpaired) electrons. The lowest BCUT2D eigenvalue weighted by Gasteiger charge is -2.30. The average Bonchev–Trinajstić information content (AvgIpc) is 3.10. The van der Waals surface area contributed by atoms with E-state index in [1.807, 2.05) is 30.3 Å². The summed E-state index contributed by atoms with van der Waals surface area (Å²) >= 11 is 0. The molecule has 2 aliphatic rings. The van der Waals surface area contributed by atoms with Gasteiger partial charge in [0.15, 0.2) is 0 Å². The summed E-state index contributed by atoms with van der Waals surface area (Å²) in [7, 11) is 0. The molecule has 46 heavy (non-hydrogen) atoms. The van der Waals surface area contributed by atoms with Crippen LogP contribution in [0.1, 0.15) is 54.9 Å². The molecule has 1 N–H and O–H groups in total. The number of benzene rings is 4. The summed E-state index contributed by atoms with van der Waals surface area (Å²) in [6.07, 6.45) is 20.2. The first kappa shape index (κ1) is 30.7. The van der Waals surface area contributed by atoms with Crippen LogP contribution in [-0.2, 0) is 16.0 Å². The van der Waals surface area contributed by atoms with E-state index < -0.39 is 5.91 Å². The zero-order valence-electron chi connectivity index (χ0n) is 26.1. The Balaban J connectivity index is 1.41. The second-order valence-corrected chi connectivity index (χ2v) is 11.9. The van der Waals surface area contributed by atoms with Crippen molar-refractivity contribution in [2.75, 3.05) is 4.90 Å². The van der Waals surface area contributed by atoms with Gasteiger partial charge < -0.3 is 9.69 Å². The summed E-state index contributed by atoms with van der Waals surface area (Å²) in [5.74, 6) is 0.0948. The Kier molecular flexibility index (Phi) is 9.49. The van der Waals surface area contributed by atoms with Crippen LogP contribution in [0.15, 0.2) is 127 Å². The number of unbranched alkanes of at least 4 members (excludes halogenated alkanes) is 1. The number of carbonyl (C=O) groups excluding carboxylic acids is 3. The number of carbonyl (C=O) groups is 3. The minimum Gasteiger partial charge on any atom is -0.311 e. The summed E-state index contributed by atoms with van der Waals surface area (Å²) in [6, 6.07) is 26.7. The van der Waals surface area contributed by atoms with E-state index in [1.54, 1.807) is 0 Å². The molecule has 4 aromatic carbocycles. The van der Waals surface area contributed by atoms with E-state index in [0.717, 1.165) is 82.7 Å².